The molecule has 0 aliphatic carbocycles. The molecule has 0 amide bonds. The van der Waals surface area contributed by atoms with E-state index in [1.165, 1.54) is 13.2 Å². The molecule has 0 heterocycles. The summed E-state index contributed by atoms with van der Waals surface area (Å²) in [6.45, 7) is -1.82. The molecule has 6 heteroatoms. The molecule has 0 aliphatic rings. The number of phenols is 1. The normalized spacial score (nSPS) is 11.3. The van der Waals surface area contributed by atoms with Gasteiger partial charge in [0.15, 0.2) is 11.5 Å². The molecule has 0 bridgehead atoms. The number of halogens is 2. The lowest BCUT2D eigenvalue weighted by molar-refractivity contribution is -0.0512. The van der Waals surface area contributed by atoms with Crippen LogP contribution in [-0.4, -0.2) is 30.8 Å². The summed E-state index contributed by atoms with van der Waals surface area (Å²) in [6.07, 6.45) is 0. The maximum atomic E-state index is 12.4. The van der Waals surface area contributed by atoms with Gasteiger partial charge in [0.25, 0.3) is 0 Å². The lowest BCUT2D eigenvalue weighted by Crippen LogP contribution is -2.17. The number of ether oxygens (including phenoxy) is 2. The molecule has 3 aromatic carbocycles. The number of aromatic hydroxyl groups is 1. The van der Waals surface area contributed by atoms with Gasteiger partial charge in [-0.1, -0.05) is 36.4 Å². The Bertz CT molecular complexity index is 930. The number of methoxy groups -OCH3 is 1. The van der Waals surface area contributed by atoms with Crippen LogP contribution in [0.4, 0.5) is 8.78 Å². The third kappa shape index (κ3) is 4.46. The van der Waals surface area contributed by atoms with Crippen molar-refractivity contribution in [2.45, 2.75) is 19.7 Å². The highest BCUT2D eigenvalue weighted by atomic mass is 19.3. The van der Waals surface area contributed by atoms with Gasteiger partial charge in [0.1, 0.15) is 5.75 Å². The Morgan fingerprint density at radius 1 is 1.00 bits per heavy atom. The van der Waals surface area contributed by atoms with Crippen molar-refractivity contribution in [1.29, 1.82) is 0 Å². The van der Waals surface area contributed by atoms with Crippen molar-refractivity contribution in [3.8, 4) is 17.2 Å². The van der Waals surface area contributed by atoms with Crippen molar-refractivity contribution < 1.29 is 23.4 Å². The van der Waals surface area contributed by atoms with E-state index in [2.05, 4.69) is 4.74 Å². The summed E-state index contributed by atoms with van der Waals surface area (Å²) >= 11 is 0. The molecule has 0 spiro atoms. The van der Waals surface area contributed by atoms with E-state index in [1.54, 1.807) is 18.2 Å². The first-order valence-corrected chi connectivity index (χ1v) is 8.48. The Hall–Kier alpha value is -2.86. The molecule has 142 valence electrons. The lowest BCUT2D eigenvalue weighted by atomic mass is 10.0. The number of phenolic OH excluding ortho intramolecular Hbond substituents is 1. The Labute approximate surface area is 156 Å². The van der Waals surface area contributed by atoms with E-state index in [0.717, 1.165) is 21.9 Å². The highest BCUT2D eigenvalue weighted by molar-refractivity contribution is 5.87. The van der Waals surface area contributed by atoms with Gasteiger partial charge in [0, 0.05) is 18.7 Å². The fourth-order valence-electron chi connectivity index (χ4n) is 3.13. The van der Waals surface area contributed by atoms with Crippen molar-refractivity contribution in [2.75, 3.05) is 14.2 Å². The monoisotopic (exact) mass is 373 g/mol. The molecule has 1 N–H and O–H groups in total. The van der Waals surface area contributed by atoms with Crippen LogP contribution in [-0.2, 0) is 13.1 Å². The van der Waals surface area contributed by atoms with E-state index in [0.29, 0.717) is 13.1 Å². The lowest BCUT2D eigenvalue weighted by Gasteiger charge is -2.20. The van der Waals surface area contributed by atoms with Crippen molar-refractivity contribution in [3.05, 3.63) is 65.7 Å². The topological polar surface area (TPSA) is 41.9 Å². The molecule has 27 heavy (non-hydrogen) atoms. The van der Waals surface area contributed by atoms with Gasteiger partial charge in [-0.25, -0.2) is 0 Å². The molecular weight excluding hydrogens is 352 g/mol. The van der Waals surface area contributed by atoms with Gasteiger partial charge in [-0.2, -0.15) is 8.78 Å². The van der Waals surface area contributed by atoms with Crippen LogP contribution in [0.2, 0.25) is 0 Å². The van der Waals surface area contributed by atoms with Crippen LogP contribution in [0.1, 0.15) is 11.1 Å². The number of hydrogen-bond donors (Lipinski definition) is 1. The minimum absolute atomic E-state index is 0.00519. The first-order chi connectivity index (χ1) is 13.0. The largest absolute Gasteiger partial charge is 0.508 e. The Morgan fingerprint density at radius 2 is 1.78 bits per heavy atom. The molecule has 0 radical (unpaired) electrons. The Balaban J connectivity index is 1.78. The van der Waals surface area contributed by atoms with E-state index in [9.17, 15) is 13.9 Å². The van der Waals surface area contributed by atoms with Crippen LogP contribution >= 0.6 is 0 Å². The summed E-state index contributed by atoms with van der Waals surface area (Å²) in [4.78, 5) is 2.03. The van der Waals surface area contributed by atoms with Crippen molar-refractivity contribution in [3.63, 3.8) is 0 Å². The first kappa shape index (κ1) is 18.9. The van der Waals surface area contributed by atoms with E-state index >= 15 is 0 Å². The SMILES string of the molecule is COc1cc(CN(C)Cc2c(O)ccc3ccccc23)ccc1OC(F)F. The van der Waals surface area contributed by atoms with E-state index in [1.807, 2.05) is 42.3 Å². The van der Waals surface area contributed by atoms with Crippen LogP contribution in [0.5, 0.6) is 17.2 Å². The van der Waals surface area contributed by atoms with Gasteiger partial charge in [0.2, 0.25) is 0 Å². The molecule has 0 saturated heterocycles. The standard InChI is InChI=1S/C21H21F2NO3/c1-24(12-14-7-10-19(27-21(22)23)20(11-14)26-2)13-17-16-6-4-3-5-15(16)8-9-18(17)25/h3-11,21,25H,12-13H2,1-2H3. The second-order valence-electron chi connectivity index (χ2n) is 6.32. The Morgan fingerprint density at radius 3 is 2.52 bits per heavy atom. The molecule has 0 aliphatic heterocycles. The minimum atomic E-state index is -2.90. The molecule has 0 atom stereocenters. The van der Waals surface area contributed by atoms with Gasteiger partial charge in [-0.05, 0) is 41.6 Å². The fourth-order valence-corrected chi connectivity index (χ4v) is 3.13. The van der Waals surface area contributed by atoms with Gasteiger partial charge < -0.3 is 14.6 Å². The number of nitrogens with zero attached hydrogens (tertiary/aromatic N) is 1. The molecule has 0 unspecified atom stereocenters. The van der Waals surface area contributed by atoms with Crippen molar-refractivity contribution in [2.24, 2.45) is 0 Å². The number of benzene rings is 3. The van der Waals surface area contributed by atoms with Gasteiger partial charge >= 0.3 is 6.61 Å². The average molecular weight is 373 g/mol. The second-order valence-corrected chi connectivity index (χ2v) is 6.32. The predicted octanol–water partition coefficient (Wildman–Crippen LogP) is 4.79. The van der Waals surface area contributed by atoms with Crippen LogP contribution < -0.4 is 9.47 Å². The third-order valence-corrected chi connectivity index (χ3v) is 4.34. The summed E-state index contributed by atoms with van der Waals surface area (Å²) in [6, 6.07) is 16.4. The highest BCUT2D eigenvalue weighted by Gasteiger charge is 2.13. The summed E-state index contributed by atoms with van der Waals surface area (Å²) in [5.41, 5.74) is 1.73. The summed E-state index contributed by atoms with van der Waals surface area (Å²) in [5, 5.41) is 12.4. The molecule has 4 nitrogen and oxygen atoms in total. The van der Waals surface area contributed by atoms with Gasteiger partial charge in [-0.3, -0.25) is 4.90 Å². The third-order valence-electron chi connectivity index (χ3n) is 4.34. The van der Waals surface area contributed by atoms with Gasteiger partial charge in [0.05, 0.1) is 7.11 Å². The fraction of sp³-hybridized carbons (Fsp3) is 0.238. The molecule has 0 fully saturated rings. The zero-order valence-electron chi connectivity index (χ0n) is 15.2. The van der Waals surface area contributed by atoms with Gasteiger partial charge in [-0.15, -0.1) is 0 Å². The minimum Gasteiger partial charge on any atom is -0.508 e. The van der Waals surface area contributed by atoms with Crippen molar-refractivity contribution >= 4 is 10.8 Å². The first-order valence-electron chi connectivity index (χ1n) is 8.48. The summed E-state index contributed by atoms with van der Waals surface area (Å²) in [5.74, 6) is 0.513. The zero-order valence-corrected chi connectivity index (χ0v) is 15.2. The summed E-state index contributed by atoms with van der Waals surface area (Å²) < 4.78 is 34.5. The number of rotatable bonds is 7. The number of alkyl halides is 2. The molecule has 0 aromatic heterocycles. The maximum absolute atomic E-state index is 12.4. The molecule has 3 aromatic rings. The quantitative estimate of drug-likeness (QED) is 0.647. The molecule has 0 saturated carbocycles. The average Bonchev–Trinajstić information content (AvgIpc) is 2.65. The van der Waals surface area contributed by atoms with Crippen LogP contribution in [0, 0.1) is 0 Å². The summed E-state index contributed by atoms with van der Waals surface area (Å²) in [7, 11) is 3.34. The Kier molecular flexibility index (Phi) is 5.76. The van der Waals surface area contributed by atoms with Crippen LogP contribution in [0.15, 0.2) is 54.6 Å². The number of fused-ring (bicyclic) bond motifs is 1. The van der Waals surface area contributed by atoms with Crippen LogP contribution in [0.3, 0.4) is 0 Å². The number of hydrogen-bond acceptors (Lipinski definition) is 4. The second kappa shape index (κ2) is 8.22. The maximum Gasteiger partial charge on any atom is 0.387 e. The van der Waals surface area contributed by atoms with E-state index in [4.69, 9.17) is 4.74 Å². The van der Waals surface area contributed by atoms with E-state index < -0.39 is 6.61 Å². The smallest absolute Gasteiger partial charge is 0.387 e. The predicted molar refractivity (Wildman–Crippen MR) is 100 cm³/mol. The molecule has 3 rings (SSSR count). The highest BCUT2D eigenvalue weighted by Crippen LogP contribution is 2.31. The van der Waals surface area contributed by atoms with E-state index in [-0.39, 0.29) is 17.2 Å². The van der Waals surface area contributed by atoms with Crippen LogP contribution in [0.25, 0.3) is 10.8 Å². The zero-order chi connectivity index (χ0) is 19.4. The molecular formula is C21H21F2NO3. The van der Waals surface area contributed by atoms with Crippen molar-refractivity contribution in [1.82, 2.24) is 4.90 Å².